The Kier molecular flexibility index (Phi) is 7.43. The van der Waals surface area contributed by atoms with Crippen molar-refractivity contribution in [2.45, 2.75) is 6.92 Å². The number of hydrogen-bond donors (Lipinski definition) is 2. The largest absolute Gasteiger partial charge is 0.477 e. The van der Waals surface area contributed by atoms with Crippen LogP contribution in [0.3, 0.4) is 0 Å². The maximum atomic E-state index is 13.3. The number of benzene rings is 3. The number of hydrogen-bond acceptors (Lipinski definition) is 6. The van der Waals surface area contributed by atoms with Crippen molar-refractivity contribution in [2.75, 3.05) is 11.9 Å². The highest BCUT2D eigenvalue weighted by Crippen LogP contribution is 2.25. The topological polar surface area (TPSA) is 123 Å². The Morgan fingerprint density at radius 2 is 1.76 bits per heavy atom. The molecule has 9 nitrogen and oxygen atoms in total. The number of amides is 2. The third kappa shape index (κ3) is 6.44. The van der Waals surface area contributed by atoms with Crippen molar-refractivity contribution in [2.24, 2.45) is 5.10 Å². The van der Waals surface area contributed by atoms with Gasteiger partial charge in [-0.15, -0.1) is 0 Å². The summed E-state index contributed by atoms with van der Waals surface area (Å²) in [4.78, 5) is 34.7. The van der Waals surface area contributed by atoms with Crippen LogP contribution in [0, 0.1) is 15.9 Å². The molecular formula is C23H19FN4O5. The van der Waals surface area contributed by atoms with Gasteiger partial charge in [0.2, 0.25) is 0 Å². The quantitative estimate of drug-likeness (QED) is 0.306. The number of para-hydroxylation sites is 2. The molecule has 0 aliphatic rings. The van der Waals surface area contributed by atoms with Crippen LogP contribution in [0.4, 0.5) is 15.8 Å². The Hall–Kier alpha value is -4.60. The number of halogens is 1. The van der Waals surface area contributed by atoms with E-state index in [9.17, 15) is 24.1 Å². The minimum atomic E-state index is -0.608. The normalized spacial score (nSPS) is 10.9. The summed E-state index contributed by atoms with van der Waals surface area (Å²) < 4.78 is 18.5. The third-order valence-corrected chi connectivity index (χ3v) is 4.39. The Morgan fingerprint density at radius 1 is 1.03 bits per heavy atom. The van der Waals surface area contributed by atoms with Crippen LogP contribution in [0.5, 0.6) is 5.75 Å². The first kappa shape index (κ1) is 23.1. The van der Waals surface area contributed by atoms with Crippen molar-refractivity contribution in [1.82, 2.24) is 5.43 Å². The summed E-state index contributed by atoms with van der Waals surface area (Å²) in [6.07, 6.45) is 0. The molecule has 0 saturated heterocycles. The van der Waals surface area contributed by atoms with Crippen molar-refractivity contribution in [3.8, 4) is 5.75 Å². The monoisotopic (exact) mass is 450 g/mol. The van der Waals surface area contributed by atoms with Gasteiger partial charge in [-0.3, -0.25) is 19.7 Å². The summed E-state index contributed by atoms with van der Waals surface area (Å²) in [5.41, 5.74) is 3.77. The second-order valence-corrected chi connectivity index (χ2v) is 6.79. The smallest absolute Gasteiger partial charge is 0.310 e. The Balaban J connectivity index is 1.60. The van der Waals surface area contributed by atoms with E-state index in [-0.39, 0.29) is 17.0 Å². The number of carbonyl (C=O) groups is 2. The fourth-order valence-corrected chi connectivity index (χ4v) is 2.77. The number of ether oxygens (including phenoxy) is 1. The van der Waals surface area contributed by atoms with Gasteiger partial charge in [0.1, 0.15) is 5.82 Å². The lowest BCUT2D eigenvalue weighted by Crippen LogP contribution is -2.25. The Bertz CT molecular complexity index is 1230. The zero-order valence-corrected chi connectivity index (χ0v) is 17.4. The SMILES string of the molecule is C/C(=N\NC(=O)COc1ccccc1[N+](=O)[O-])c1cccc(NC(=O)c2cccc(F)c2)c1. The maximum absolute atomic E-state index is 13.3. The number of hydrazone groups is 1. The molecule has 10 heteroatoms. The maximum Gasteiger partial charge on any atom is 0.310 e. The lowest BCUT2D eigenvalue weighted by Gasteiger charge is -2.08. The highest BCUT2D eigenvalue weighted by atomic mass is 19.1. The van der Waals surface area contributed by atoms with Gasteiger partial charge in [0.25, 0.3) is 11.8 Å². The summed E-state index contributed by atoms with van der Waals surface area (Å²) in [6.45, 7) is 1.18. The molecule has 0 aliphatic carbocycles. The zero-order chi connectivity index (χ0) is 23.8. The van der Waals surface area contributed by atoms with Crippen LogP contribution < -0.4 is 15.5 Å². The van der Waals surface area contributed by atoms with Crippen molar-refractivity contribution < 1.29 is 23.6 Å². The van der Waals surface area contributed by atoms with Gasteiger partial charge in [-0.25, -0.2) is 9.82 Å². The molecule has 3 aromatic rings. The second-order valence-electron chi connectivity index (χ2n) is 6.79. The summed E-state index contributed by atoms with van der Waals surface area (Å²) in [5, 5.41) is 17.7. The summed E-state index contributed by atoms with van der Waals surface area (Å²) in [5.74, 6) is -1.62. The summed E-state index contributed by atoms with van der Waals surface area (Å²) >= 11 is 0. The highest BCUT2D eigenvalue weighted by Gasteiger charge is 2.15. The zero-order valence-electron chi connectivity index (χ0n) is 17.4. The van der Waals surface area contributed by atoms with Gasteiger partial charge in [0.15, 0.2) is 12.4 Å². The molecule has 33 heavy (non-hydrogen) atoms. The molecule has 0 saturated carbocycles. The number of nitro benzene ring substituents is 1. The van der Waals surface area contributed by atoms with Crippen LogP contribution >= 0.6 is 0 Å². The third-order valence-electron chi connectivity index (χ3n) is 4.39. The molecular weight excluding hydrogens is 431 g/mol. The van der Waals surface area contributed by atoms with E-state index in [4.69, 9.17) is 4.74 Å². The average Bonchev–Trinajstić information content (AvgIpc) is 2.81. The van der Waals surface area contributed by atoms with Crippen molar-refractivity contribution >= 4 is 28.9 Å². The number of nitro groups is 1. The minimum absolute atomic E-state index is 0.0277. The number of rotatable bonds is 8. The predicted molar refractivity (Wildman–Crippen MR) is 120 cm³/mol. The molecule has 0 unspecified atom stereocenters. The van der Waals surface area contributed by atoms with Crippen molar-refractivity contribution in [3.05, 3.63) is 99.9 Å². The lowest BCUT2D eigenvalue weighted by atomic mass is 10.1. The molecule has 0 spiro atoms. The van der Waals surface area contributed by atoms with Gasteiger partial charge in [-0.2, -0.15) is 5.10 Å². The molecule has 0 radical (unpaired) electrons. The molecule has 0 fully saturated rings. The van der Waals surface area contributed by atoms with Gasteiger partial charge < -0.3 is 10.1 Å². The fraction of sp³-hybridized carbons (Fsp3) is 0.0870. The molecule has 0 aliphatic heterocycles. The van der Waals surface area contributed by atoms with E-state index in [0.29, 0.717) is 17.0 Å². The average molecular weight is 450 g/mol. The van der Waals surface area contributed by atoms with E-state index in [1.165, 1.54) is 36.4 Å². The van der Waals surface area contributed by atoms with Crippen LogP contribution in [0.2, 0.25) is 0 Å². The summed E-state index contributed by atoms with van der Waals surface area (Å²) in [7, 11) is 0. The highest BCUT2D eigenvalue weighted by molar-refractivity contribution is 6.05. The first-order valence-electron chi connectivity index (χ1n) is 9.70. The number of carbonyl (C=O) groups excluding carboxylic acids is 2. The predicted octanol–water partition coefficient (Wildman–Crippen LogP) is 3.91. The van der Waals surface area contributed by atoms with Gasteiger partial charge in [-0.1, -0.05) is 30.3 Å². The second kappa shape index (κ2) is 10.6. The molecule has 0 bridgehead atoms. The van der Waals surface area contributed by atoms with E-state index in [1.54, 1.807) is 37.3 Å². The summed E-state index contributed by atoms with van der Waals surface area (Å²) in [6, 6.07) is 17.8. The molecule has 2 N–H and O–H groups in total. The first-order valence-corrected chi connectivity index (χ1v) is 9.70. The van der Waals surface area contributed by atoms with Crippen LogP contribution in [-0.2, 0) is 4.79 Å². The van der Waals surface area contributed by atoms with Gasteiger partial charge in [-0.05, 0) is 48.9 Å². The van der Waals surface area contributed by atoms with E-state index >= 15 is 0 Å². The number of nitrogens with one attached hydrogen (secondary N) is 2. The molecule has 168 valence electrons. The van der Waals surface area contributed by atoms with Gasteiger partial charge >= 0.3 is 5.69 Å². The van der Waals surface area contributed by atoms with Crippen LogP contribution in [0.25, 0.3) is 0 Å². The van der Waals surface area contributed by atoms with E-state index < -0.39 is 29.2 Å². The first-order chi connectivity index (χ1) is 15.8. The van der Waals surface area contributed by atoms with Gasteiger partial charge in [0, 0.05) is 17.3 Å². The van der Waals surface area contributed by atoms with E-state index in [1.807, 2.05) is 0 Å². The lowest BCUT2D eigenvalue weighted by molar-refractivity contribution is -0.385. The number of anilines is 1. The van der Waals surface area contributed by atoms with Gasteiger partial charge in [0.05, 0.1) is 10.6 Å². The van der Waals surface area contributed by atoms with Crippen molar-refractivity contribution in [1.29, 1.82) is 0 Å². The fourth-order valence-electron chi connectivity index (χ4n) is 2.77. The standard InChI is InChI=1S/C23H19FN4O5/c1-15(26-27-22(29)14-33-21-11-3-2-10-20(21)28(31)32)16-6-5-9-19(13-16)25-23(30)17-7-4-8-18(24)12-17/h2-13H,14H2,1H3,(H,25,30)(H,27,29)/b26-15+. The molecule has 0 heterocycles. The van der Waals surface area contributed by atoms with Crippen LogP contribution in [0.15, 0.2) is 77.9 Å². The van der Waals surface area contributed by atoms with Crippen molar-refractivity contribution in [3.63, 3.8) is 0 Å². The van der Waals surface area contributed by atoms with E-state index in [0.717, 1.165) is 6.07 Å². The minimum Gasteiger partial charge on any atom is -0.477 e. The Morgan fingerprint density at radius 3 is 2.52 bits per heavy atom. The molecule has 3 rings (SSSR count). The molecule has 0 atom stereocenters. The Labute approximate surface area is 188 Å². The van der Waals surface area contributed by atoms with Crippen LogP contribution in [0.1, 0.15) is 22.8 Å². The number of nitrogens with zero attached hydrogens (tertiary/aromatic N) is 2. The van der Waals surface area contributed by atoms with E-state index in [2.05, 4.69) is 15.8 Å². The molecule has 2 amide bonds. The molecule has 0 aromatic heterocycles. The molecule has 3 aromatic carbocycles. The van der Waals surface area contributed by atoms with Crippen LogP contribution in [-0.4, -0.2) is 29.1 Å².